The van der Waals surface area contributed by atoms with Gasteiger partial charge in [0.05, 0.1) is 17.1 Å². The highest BCUT2D eigenvalue weighted by Crippen LogP contribution is 2.09. The van der Waals surface area contributed by atoms with E-state index in [1.165, 1.54) is 6.07 Å². The van der Waals surface area contributed by atoms with E-state index in [0.717, 1.165) is 23.6 Å². The largest absolute Gasteiger partial charge is 0.291 e. The zero-order chi connectivity index (χ0) is 16.4. The number of aryl methyl sites for hydroxylation is 3. The summed E-state index contributed by atoms with van der Waals surface area (Å²) >= 11 is 0. The Morgan fingerprint density at radius 1 is 1.26 bits per heavy atom. The van der Waals surface area contributed by atoms with E-state index in [4.69, 9.17) is 0 Å². The van der Waals surface area contributed by atoms with Crippen molar-refractivity contribution in [3.8, 4) is 5.95 Å². The Balaban J connectivity index is 1.98. The van der Waals surface area contributed by atoms with Gasteiger partial charge in [0.15, 0.2) is 0 Å². The van der Waals surface area contributed by atoms with Gasteiger partial charge in [0, 0.05) is 24.5 Å². The molecule has 3 aromatic heterocycles. The van der Waals surface area contributed by atoms with Gasteiger partial charge >= 0.3 is 0 Å². The summed E-state index contributed by atoms with van der Waals surface area (Å²) in [6.07, 6.45) is 5.44. The van der Waals surface area contributed by atoms with Crippen LogP contribution in [0.15, 0.2) is 29.2 Å². The molecule has 0 aromatic carbocycles. The number of aromatic amines is 1. The molecule has 7 heteroatoms. The first-order valence-corrected chi connectivity index (χ1v) is 7.41. The van der Waals surface area contributed by atoms with Crippen LogP contribution >= 0.6 is 0 Å². The quantitative estimate of drug-likeness (QED) is 0.798. The molecule has 3 heterocycles. The molecule has 0 radical (unpaired) electrons. The van der Waals surface area contributed by atoms with Gasteiger partial charge in [-0.3, -0.25) is 14.5 Å². The fourth-order valence-electron chi connectivity index (χ4n) is 2.41. The zero-order valence-electron chi connectivity index (χ0n) is 13.3. The van der Waals surface area contributed by atoms with E-state index in [1.807, 2.05) is 43.7 Å². The third kappa shape index (κ3) is 3.13. The van der Waals surface area contributed by atoms with Crippen LogP contribution in [0.2, 0.25) is 0 Å². The number of nitrogens with zero attached hydrogens (tertiary/aromatic N) is 5. The van der Waals surface area contributed by atoms with Gasteiger partial charge in [-0.15, -0.1) is 0 Å². The topological polar surface area (TPSA) is 81.4 Å². The van der Waals surface area contributed by atoms with Crippen molar-refractivity contribution in [3.63, 3.8) is 0 Å². The molecule has 1 N–H and O–H groups in total. The van der Waals surface area contributed by atoms with E-state index in [1.54, 1.807) is 17.0 Å². The minimum absolute atomic E-state index is 0.216. The highest BCUT2D eigenvalue weighted by Gasteiger charge is 2.07. The van der Waals surface area contributed by atoms with Gasteiger partial charge in [-0.25, -0.2) is 9.67 Å². The Bertz CT molecular complexity index is 915. The SMILES string of the molecule is CCn1nccc1/C=C/c1cc(=O)[nH]c(-n2nc(C)cc2C)n1. The van der Waals surface area contributed by atoms with Crippen molar-refractivity contribution in [1.82, 2.24) is 29.5 Å². The van der Waals surface area contributed by atoms with Gasteiger partial charge in [0.25, 0.3) is 5.56 Å². The van der Waals surface area contributed by atoms with Crippen molar-refractivity contribution < 1.29 is 0 Å². The second kappa shape index (κ2) is 6.04. The molecule has 0 aliphatic rings. The number of rotatable bonds is 4. The fourth-order valence-corrected chi connectivity index (χ4v) is 2.41. The Morgan fingerprint density at radius 3 is 2.78 bits per heavy atom. The summed E-state index contributed by atoms with van der Waals surface area (Å²) < 4.78 is 3.50. The van der Waals surface area contributed by atoms with E-state index in [9.17, 15) is 4.79 Å². The van der Waals surface area contributed by atoms with Crippen molar-refractivity contribution >= 4 is 12.2 Å². The standard InChI is InChI=1S/C16H18N6O/c1-4-21-14(7-8-17-21)6-5-13-10-15(23)19-16(18-13)22-12(3)9-11(2)20-22/h5-10H,4H2,1-3H3,(H,18,19,23)/b6-5+. The summed E-state index contributed by atoms with van der Waals surface area (Å²) in [6, 6.07) is 5.30. The molecule has 0 aliphatic heterocycles. The average Bonchev–Trinajstić information content (AvgIpc) is 3.10. The third-order valence-corrected chi connectivity index (χ3v) is 3.43. The predicted octanol–water partition coefficient (Wildman–Crippen LogP) is 1.96. The van der Waals surface area contributed by atoms with E-state index >= 15 is 0 Å². The van der Waals surface area contributed by atoms with Crippen LogP contribution in [0.5, 0.6) is 0 Å². The zero-order valence-corrected chi connectivity index (χ0v) is 13.3. The molecule has 0 spiro atoms. The lowest BCUT2D eigenvalue weighted by Gasteiger charge is -2.04. The number of H-pyrrole nitrogens is 1. The summed E-state index contributed by atoms with van der Waals surface area (Å²) in [7, 11) is 0. The van der Waals surface area contributed by atoms with Crippen molar-refractivity contribution in [2.24, 2.45) is 0 Å². The van der Waals surface area contributed by atoms with Crippen LogP contribution < -0.4 is 5.56 Å². The van der Waals surface area contributed by atoms with Crippen LogP contribution in [-0.2, 0) is 6.54 Å². The van der Waals surface area contributed by atoms with Gasteiger partial charge in [-0.1, -0.05) is 0 Å². The molecule has 3 aromatic rings. The lowest BCUT2D eigenvalue weighted by molar-refractivity contribution is 0.654. The van der Waals surface area contributed by atoms with Crippen LogP contribution in [0.1, 0.15) is 29.7 Å². The van der Waals surface area contributed by atoms with Crippen LogP contribution in [0.25, 0.3) is 18.1 Å². The van der Waals surface area contributed by atoms with Gasteiger partial charge in [-0.05, 0) is 45.1 Å². The van der Waals surface area contributed by atoms with Gasteiger partial charge in [0.2, 0.25) is 5.95 Å². The van der Waals surface area contributed by atoms with Crippen molar-refractivity contribution in [1.29, 1.82) is 0 Å². The van der Waals surface area contributed by atoms with Crippen LogP contribution in [-0.4, -0.2) is 29.5 Å². The highest BCUT2D eigenvalue weighted by molar-refractivity contribution is 5.66. The Labute approximate surface area is 133 Å². The smallest absolute Gasteiger partial charge is 0.252 e. The molecule has 0 amide bonds. The second-order valence-corrected chi connectivity index (χ2v) is 5.24. The van der Waals surface area contributed by atoms with Crippen LogP contribution in [0.4, 0.5) is 0 Å². The van der Waals surface area contributed by atoms with Crippen LogP contribution in [0.3, 0.4) is 0 Å². The number of nitrogens with one attached hydrogen (secondary N) is 1. The fraction of sp³-hybridized carbons (Fsp3) is 0.250. The van der Waals surface area contributed by atoms with Gasteiger partial charge in [-0.2, -0.15) is 10.2 Å². The molecule has 0 saturated heterocycles. The monoisotopic (exact) mass is 310 g/mol. The Morgan fingerprint density at radius 2 is 2.09 bits per heavy atom. The molecule has 23 heavy (non-hydrogen) atoms. The lowest BCUT2D eigenvalue weighted by atomic mass is 10.3. The highest BCUT2D eigenvalue weighted by atomic mass is 16.1. The van der Waals surface area contributed by atoms with E-state index in [2.05, 4.69) is 20.2 Å². The number of hydrogen-bond acceptors (Lipinski definition) is 4. The maximum Gasteiger partial charge on any atom is 0.252 e. The molecule has 0 aliphatic carbocycles. The predicted molar refractivity (Wildman–Crippen MR) is 88.3 cm³/mol. The first kappa shape index (κ1) is 15.0. The molecule has 0 atom stereocenters. The summed E-state index contributed by atoms with van der Waals surface area (Å²) in [6.45, 7) is 6.63. The molecule has 7 nitrogen and oxygen atoms in total. The third-order valence-electron chi connectivity index (χ3n) is 3.43. The van der Waals surface area contributed by atoms with E-state index < -0.39 is 0 Å². The van der Waals surface area contributed by atoms with Crippen LogP contribution in [0, 0.1) is 13.8 Å². The summed E-state index contributed by atoms with van der Waals surface area (Å²) in [5, 5.41) is 8.55. The van der Waals surface area contributed by atoms with Crippen molar-refractivity contribution in [3.05, 3.63) is 57.5 Å². The second-order valence-electron chi connectivity index (χ2n) is 5.24. The summed E-state index contributed by atoms with van der Waals surface area (Å²) in [4.78, 5) is 19.1. The molecule has 3 rings (SSSR count). The molecule has 0 bridgehead atoms. The first-order chi connectivity index (χ1) is 11.1. The molecule has 0 unspecified atom stereocenters. The molecule has 0 fully saturated rings. The molecular formula is C16H18N6O. The van der Waals surface area contributed by atoms with Crippen molar-refractivity contribution in [2.75, 3.05) is 0 Å². The average molecular weight is 310 g/mol. The Hall–Kier alpha value is -2.96. The number of hydrogen-bond donors (Lipinski definition) is 1. The molecule has 0 saturated carbocycles. The minimum Gasteiger partial charge on any atom is -0.291 e. The minimum atomic E-state index is -0.216. The summed E-state index contributed by atoms with van der Waals surface area (Å²) in [5.41, 5.74) is 3.10. The number of aromatic nitrogens is 6. The molecular weight excluding hydrogens is 292 g/mol. The van der Waals surface area contributed by atoms with Crippen molar-refractivity contribution in [2.45, 2.75) is 27.3 Å². The lowest BCUT2D eigenvalue weighted by Crippen LogP contribution is -2.14. The normalized spacial score (nSPS) is 11.4. The maximum absolute atomic E-state index is 11.9. The van der Waals surface area contributed by atoms with E-state index in [0.29, 0.717) is 11.6 Å². The van der Waals surface area contributed by atoms with Gasteiger partial charge in [0.1, 0.15) is 0 Å². The molecule has 118 valence electrons. The Kier molecular flexibility index (Phi) is 3.92. The first-order valence-electron chi connectivity index (χ1n) is 7.41. The van der Waals surface area contributed by atoms with Gasteiger partial charge < -0.3 is 0 Å². The summed E-state index contributed by atoms with van der Waals surface area (Å²) in [5.74, 6) is 0.409. The van der Waals surface area contributed by atoms with E-state index in [-0.39, 0.29) is 5.56 Å². The maximum atomic E-state index is 11.9.